The van der Waals surface area contributed by atoms with E-state index in [1.54, 1.807) is 30.3 Å². The molecule has 0 aliphatic carbocycles. The van der Waals surface area contributed by atoms with Crippen LogP contribution < -0.4 is 5.32 Å². The summed E-state index contributed by atoms with van der Waals surface area (Å²) in [6, 6.07) is 11.4. The van der Waals surface area contributed by atoms with Crippen molar-refractivity contribution >= 4 is 33.4 Å². The monoisotopic (exact) mass is 375 g/mol. The average Bonchev–Trinajstić information content (AvgIpc) is 2.83. The fourth-order valence-corrected chi connectivity index (χ4v) is 2.74. The predicted octanol–water partition coefficient (Wildman–Crippen LogP) is 3.30. The lowest BCUT2D eigenvalue weighted by molar-refractivity contribution is -0.133. The Morgan fingerprint density at radius 1 is 1.09 bits per heavy atom. The normalized spacial score (nSPS) is 19.7. The number of amides is 1. The number of hydrogen-bond donors (Lipinski definition) is 2. The summed E-state index contributed by atoms with van der Waals surface area (Å²) in [5.74, 6) is -2.63. The van der Waals surface area contributed by atoms with E-state index in [2.05, 4.69) is 21.2 Å². The highest BCUT2D eigenvalue weighted by Gasteiger charge is 2.40. The van der Waals surface area contributed by atoms with Crippen LogP contribution in [-0.2, 0) is 9.59 Å². The van der Waals surface area contributed by atoms with E-state index in [0.717, 1.165) is 4.47 Å². The summed E-state index contributed by atoms with van der Waals surface area (Å²) < 4.78 is 14.8. The Balaban J connectivity index is 2.15. The van der Waals surface area contributed by atoms with Gasteiger partial charge in [0.15, 0.2) is 0 Å². The number of carbonyl (C=O) groups excluding carboxylic acids is 2. The van der Waals surface area contributed by atoms with E-state index in [4.69, 9.17) is 0 Å². The molecule has 4 nitrogen and oxygen atoms in total. The first-order valence-corrected chi connectivity index (χ1v) is 7.57. The number of aliphatic hydroxyl groups is 1. The Labute approximate surface area is 139 Å². The zero-order chi connectivity index (χ0) is 16.6. The van der Waals surface area contributed by atoms with Crippen molar-refractivity contribution in [2.75, 3.05) is 0 Å². The molecule has 1 aliphatic heterocycles. The zero-order valence-corrected chi connectivity index (χ0v) is 13.3. The maximum absolute atomic E-state index is 14.0. The molecule has 116 valence electrons. The Kier molecular flexibility index (Phi) is 4.00. The van der Waals surface area contributed by atoms with Crippen molar-refractivity contribution in [1.29, 1.82) is 0 Å². The van der Waals surface area contributed by atoms with Gasteiger partial charge in [-0.3, -0.25) is 9.59 Å². The molecule has 0 radical (unpaired) electrons. The van der Waals surface area contributed by atoms with Gasteiger partial charge in [0.25, 0.3) is 11.7 Å². The SMILES string of the molecule is O=C1NC(c2ccccc2F)C(=C(O)c2ccc(Br)cc2)C1=O. The fraction of sp³-hybridized carbons (Fsp3) is 0.0588. The van der Waals surface area contributed by atoms with Crippen LogP contribution in [0.1, 0.15) is 17.2 Å². The summed E-state index contributed by atoms with van der Waals surface area (Å²) in [7, 11) is 0. The van der Waals surface area contributed by atoms with E-state index in [9.17, 15) is 19.1 Å². The number of carbonyl (C=O) groups is 2. The Morgan fingerprint density at radius 2 is 1.74 bits per heavy atom. The second-order valence-electron chi connectivity index (χ2n) is 5.03. The molecule has 1 fully saturated rings. The summed E-state index contributed by atoms with van der Waals surface area (Å²) in [6.45, 7) is 0. The van der Waals surface area contributed by atoms with Crippen LogP contribution in [0.15, 0.2) is 58.6 Å². The first-order chi connectivity index (χ1) is 11.0. The zero-order valence-electron chi connectivity index (χ0n) is 11.7. The van der Waals surface area contributed by atoms with Gasteiger partial charge in [0.2, 0.25) is 0 Å². The van der Waals surface area contributed by atoms with Crippen LogP contribution >= 0.6 is 15.9 Å². The van der Waals surface area contributed by atoms with Gasteiger partial charge >= 0.3 is 0 Å². The molecule has 2 aromatic carbocycles. The number of ketones is 1. The van der Waals surface area contributed by atoms with Crippen molar-refractivity contribution in [3.63, 3.8) is 0 Å². The van der Waals surface area contributed by atoms with Crippen LogP contribution in [0.2, 0.25) is 0 Å². The number of rotatable bonds is 2. The van der Waals surface area contributed by atoms with Crippen LogP contribution in [0.5, 0.6) is 0 Å². The molecule has 6 heteroatoms. The van der Waals surface area contributed by atoms with Crippen LogP contribution in [0.25, 0.3) is 5.76 Å². The first kappa shape index (κ1) is 15.4. The van der Waals surface area contributed by atoms with Crippen molar-refractivity contribution in [3.05, 3.63) is 75.5 Å². The van der Waals surface area contributed by atoms with Gasteiger partial charge in [-0.25, -0.2) is 4.39 Å². The van der Waals surface area contributed by atoms with Gasteiger partial charge < -0.3 is 10.4 Å². The molecule has 2 aromatic rings. The highest BCUT2D eigenvalue weighted by atomic mass is 79.9. The Bertz CT molecular complexity index is 830. The summed E-state index contributed by atoms with van der Waals surface area (Å²) >= 11 is 3.28. The largest absolute Gasteiger partial charge is 0.507 e. The molecular formula is C17H11BrFNO3. The molecule has 1 amide bonds. The molecule has 1 saturated heterocycles. The fourth-order valence-electron chi connectivity index (χ4n) is 2.47. The maximum Gasteiger partial charge on any atom is 0.293 e. The van der Waals surface area contributed by atoms with Crippen molar-refractivity contribution in [3.8, 4) is 0 Å². The number of Topliss-reactive ketones (excluding diaryl/α,β-unsaturated/α-hetero) is 1. The number of nitrogens with one attached hydrogen (secondary N) is 1. The Morgan fingerprint density at radius 3 is 2.39 bits per heavy atom. The van der Waals surface area contributed by atoms with Crippen LogP contribution in [0.3, 0.4) is 0 Å². The second-order valence-corrected chi connectivity index (χ2v) is 5.94. The smallest absolute Gasteiger partial charge is 0.293 e. The van der Waals surface area contributed by atoms with Gasteiger partial charge in [-0.15, -0.1) is 0 Å². The van der Waals surface area contributed by atoms with Gasteiger partial charge in [-0.05, 0) is 18.2 Å². The molecule has 2 N–H and O–H groups in total. The highest BCUT2D eigenvalue weighted by Crippen LogP contribution is 2.34. The molecule has 1 atom stereocenters. The minimum absolute atomic E-state index is 0.130. The minimum atomic E-state index is -1.01. The molecule has 1 heterocycles. The summed E-state index contributed by atoms with van der Waals surface area (Å²) in [4.78, 5) is 23.9. The van der Waals surface area contributed by atoms with Gasteiger partial charge in [-0.1, -0.05) is 46.3 Å². The topological polar surface area (TPSA) is 66.4 Å². The Hall–Kier alpha value is -2.47. The third-order valence-electron chi connectivity index (χ3n) is 3.60. The lowest BCUT2D eigenvalue weighted by Gasteiger charge is -2.14. The second kappa shape index (κ2) is 5.96. The van der Waals surface area contributed by atoms with Gasteiger partial charge in [-0.2, -0.15) is 0 Å². The minimum Gasteiger partial charge on any atom is -0.507 e. The van der Waals surface area contributed by atoms with E-state index in [-0.39, 0.29) is 16.9 Å². The van der Waals surface area contributed by atoms with Crippen molar-refractivity contribution < 1.29 is 19.1 Å². The number of hydrogen-bond acceptors (Lipinski definition) is 3. The summed E-state index contributed by atoms with van der Waals surface area (Å²) in [5.41, 5.74) is 0.349. The summed E-state index contributed by atoms with van der Waals surface area (Å²) in [5, 5.41) is 12.9. The van der Waals surface area contributed by atoms with E-state index in [1.807, 2.05) is 0 Å². The molecule has 3 rings (SSSR count). The van der Waals surface area contributed by atoms with E-state index < -0.39 is 23.5 Å². The molecule has 1 unspecified atom stereocenters. The molecule has 0 bridgehead atoms. The highest BCUT2D eigenvalue weighted by molar-refractivity contribution is 9.10. The van der Waals surface area contributed by atoms with E-state index in [0.29, 0.717) is 5.56 Å². The number of halogens is 2. The molecule has 0 saturated carbocycles. The lowest BCUT2D eigenvalue weighted by Crippen LogP contribution is -2.21. The quantitative estimate of drug-likeness (QED) is 0.480. The first-order valence-electron chi connectivity index (χ1n) is 6.77. The van der Waals surface area contributed by atoms with Gasteiger partial charge in [0, 0.05) is 15.6 Å². The third kappa shape index (κ3) is 2.77. The van der Waals surface area contributed by atoms with Crippen molar-refractivity contribution in [1.82, 2.24) is 5.32 Å². The molecule has 23 heavy (non-hydrogen) atoms. The third-order valence-corrected chi connectivity index (χ3v) is 4.13. The van der Waals surface area contributed by atoms with Crippen LogP contribution in [0.4, 0.5) is 4.39 Å². The average molecular weight is 376 g/mol. The number of benzene rings is 2. The standard InChI is InChI=1S/C17H11BrFNO3/c18-10-7-5-9(6-8-10)15(21)13-14(20-17(23)16(13)22)11-3-1-2-4-12(11)19/h1-8,14,21H,(H,20,23). The summed E-state index contributed by atoms with van der Waals surface area (Å²) in [6.07, 6.45) is 0. The predicted molar refractivity (Wildman–Crippen MR) is 86.0 cm³/mol. The number of aliphatic hydroxyl groups excluding tert-OH is 1. The van der Waals surface area contributed by atoms with Gasteiger partial charge in [0.1, 0.15) is 11.6 Å². The van der Waals surface area contributed by atoms with Crippen molar-refractivity contribution in [2.24, 2.45) is 0 Å². The lowest BCUT2D eigenvalue weighted by atomic mass is 9.95. The van der Waals surface area contributed by atoms with Gasteiger partial charge in [0.05, 0.1) is 11.6 Å². The van der Waals surface area contributed by atoms with Crippen LogP contribution in [0, 0.1) is 5.82 Å². The van der Waals surface area contributed by atoms with E-state index >= 15 is 0 Å². The molecular weight excluding hydrogens is 365 g/mol. The van der Waals surface area contributed by atoms with E-state index in [1.165, 1.54) is 18.2 Å². The van der Waals surface area contributed by atoms with Crippen molar-refractivity contribution in [2.45, 2.75) is 6.04 Å². The molecule has 0 spiro atoms. The molecule has 1 aliphatic rings. The molecule has 0 aromatic heterocycles. The maximum atomic E-state index is 14.0. The van der Waals surface area contributed by atoms with Crippen LogP contribution in [-0.4, -0.2) is 16.8 Å².